The number of carbonyl (C=O) groups excluding carboxylic acids is 1. The second kappa shape index (κ2) is 7.90. The minimum atomic E-state index is -0.329. The molecule has 1 atom stereocenters. The Balaban J connectivity index is 1.41. The van der Waals surface area contributed by atoms with Gasteiger partial charge < -0.3 is 4.84 Å². The fourth-order valence-electron chi connectivity index (χ4n) is 2.99. The van der Waals surface area contributed by atoms with Crippen LogP contribution in [0.1, 0.15) is 34.2 Å². The Kier molecular flexibility index (Phi) is 5.16. The number of oxime groups is 1. The fourth-order valence-corrected chi connectivity index (χ4v) is 3.97. The maximum Gasteiger partial charge on any atom is 0.275 e. The molecule has 5 nitrogen and oxygen atoms in total. The van der Waals surface area contributed by atoms with E-state index in [4.69, 9.17) is 4.84 Å². The van der Waals surface area contributed by atoms with Crippen LogP contribution in [0.25, 0.3) is 0 Å². The Morgan fingerprint density at radius 2 is 1.96 bits per heavy atom. The first-order valence-corrected chi connectivity index (χ1v) is 9.70. The molecular weight excluding hydrogens is 377 g/mol. The van der Waals surface area contributed by atoms with Crippen molar-refractivity contribution < 1.29 is 14.0 Å². The van der Waals surface area contributed by atoms with E-state index < -0.39 is 0 Å². The van der Waals surface area contributed by atoms with Crippen molar-refractivity contribution in [2.75, 3.05) is 5.32 Å². The first kappa shape index (κ1) is 18.3. The number of carbonyl (C=O) groups is 1. The van der Waals surface area contributed by atoms with Gasteiger partial charge in [0.25, 0.3) is 5.91 Å². The highest BCUT2D eigenvalue weighted by Gasteiger charge is 2.28. The molecule has 2 heterocycles. The van der Waals surface area contributed by atoms with Crippen molar-refractivity contribution >= 4 is 28.1 Å². The summed E-state index contributed by atoms with van der Waals surface area (Å²) in [4.78, 5) is 23.2. The van der Waals surface area contributed by atoms with Gasteiger partial charge in [0.05, 0.1) is 5.69 Å². The van der Waals surface area contributed by atoms with E-state index >= 15 is 0 Å². The third-order valence-electron chi connectivity index (χ3n) is 4.52. The van der Waals surface area contributed by atoms with E-state index in [9.17, 15) is 9.18 Å². The summed E-state index contributed by atoms with van der Waals surface area (Å²) >= 11 is 1.34. The van der Waals surface area contributed by atoms with Gasteiger partial charge in [0.15, 0.2) is 11.2 Å². The zero-order valence-electron chi connectivity index (χ0n) is 15.2. The van der Waals surface area contributed by atoms with Crippen molar-refractivity contribution in [1.82, 2.24) is 4.98 Å². The lowest BCUT2D eigenvalue weighted by Crippen LogP contribution is -2.21. The molecular formula is C21H18FN3O2S. The summed E-state index contributed by atoms with van der Waals surface area (Å²) in [7, 11) is 0. The largest absolute Gasteiger partial charge is 0.387 e. The number of anilines is 1. The molecule has 28 heavy (non-hydrogen) atoms. The fraction of sp³-hybridized carbons (Fsp3) is 0.190. The van der Waals surface area contributed by atoms with Crippen LogP contribution in [0.2, 0.25) is 0 Å². The molecule has 0 spiro atoms. The Morgan fingerprint density at radius 1 is 1.21 bits per heavy atom. The molecule has 0 saturated heterocycles. The van der Waals surface area contributed by atoms with E-state index in [1.165, 1.54) is 17.4 Å². The third kappa shape index (κ3) is 3.94. The lowest BCUT2D eigenvalue weighted by molar-refractivity contribution is -0.110. The van der Waals surface area contributed by atoms with Gasteiger partial charge in [0.1, 0.15) is 11.5 Å². The lowest BCUT2D eigenvalue weighted by atomic mass is 10.0. The Morgan fingerprint density at radius 3 is 2.75 bits per heavy atom. The normalized spacial score (nSPS) is 15.8. The highest BCUT2D eigenvalue weighted by atomic mass is 32.1. The number of hydrogen-bond donors (Lipinski definition) is 1. The van der Waals surface area contributed by atoms with E-state index in [1.54, 1.807) is 18.2 Å². The van der Waals surface area contributed by atoms with E-state index in [0.29, 0.717) is 29.2 Å². The van der Waals surface area contributed by atoms with Gasteiger partial charge in [0, 0.05) is 17.7 Å². The van der Waals surface area contributed by atoms with Crippen molar-refractivity contribution in [3.8, 4) is 0 Å². The van der Waals surface area contributed by atoms with Gasteiger partial charge in [-0.25, -0.2) is 9.37 Å². The first-order chi connectivity index (χ1) is 13.6. The highest BCUT2D eigenvalue weighted by Crippen LogP contribution is 2.29. The van der Waals surface area contributed by atoms with Gasteiger partial charge in [-0.05, 0) is 24.1 Å². The van der Waals surface area contributed by atoms with Crippen LogP contribution >= 0.6 is 11.3 Å². The standard InChI is InChI=1S/C21H18FN3O2S/c1-13-19(11-15-9-5-6-10-16(15)22)28-21(23-13)24-20(26)17-12-18(27-25-17)14-7-3-2-4-8-14/h2-10,18H,11-12H2,1H3,(H,23,24,26)/t18-/m0/s1. The number of hydrogen-bond acceptors (Lipinski definition) is 5. The highest BCUT2D eigenvalue weighted by molar-refractivity contribution is 7.16. The summed E-state index contributed by atoms with van der Waals surface area (Å²) in [5.41, 5.74) is 2.69. The molecule has 0 bridgehead atoms. The van der Waals surface area contributed by atoms with Crippen LogP contribution in [0.15, 0.2) is 59.8 Å². The van der Waals surface area contributed by atoms with E-state index in [1.807, 2.05) is 37.3 Å². The maximum atomic E-state index is 13.9. The van der Waals surface area contributed by atoms with Crippen LogP contribution < -0.4 is 5.32 Å². The summed E-state index contributed by atoms with van der Waals surface area (Å²) in [6.45, 7) is 1.85. The molecule has 3 aromatic rings. The van der Waals surface area contributed by atoms with Gasteiger partial charge in [0.2, 0.25) is 0 Å². The summed E-state index contributed by atoms with van der Waals surface area (Å²) in [5.74, 6) is -0.574. The Labute approximate surface area is 165 Å². The van der Waals surface area contributed by atoms with Crippen LogP contribution in [0, 0.1) is 12.7 Å². The smallest absolute Gasteiger partial charge is 0.275 e. The number of aromatic nitrogens is 1. The van der Waals surface area contributed by atoms with Crippen LogP contribution in [0.3, 0.4) is 0 Å². The number of thiazole rings is 1. The summed E-state index contributed by atoms with van der Waals surface area (Å²) < 4.78 is 13.9. The molecule has 1 amide bonds. The third-order valence-corrected chi connectivity index (χ3v) is 5.60. The molecule has 1 aliphatic rings. The van der Waals surface area contributed by atoms with E-state index in [-0.39, 0.29) is 17.8 Å². The molecule has 0 fully saturated rings. The SMILES string of the molecule is Cc1nc(NC(=O)C2=NO[C@H](c3ccccc3)C2)sc1Cc1ccccc1F. The Hall–Kier alpha value is -3.06. The number of benzene rings is 2. The molecule has 0 unspecified atom stereocenters. The Bertz CT molecular complexity index is 1030. The van der Waals surface area contributed by atoms with Gasteiger partial charge in [-0.1, -0.05) is 53.7 Å². The van der Waals surface area contributed by atoms with Crippen LogP contribution in [-0.4, -0.2) is 16.6 Å². The molecule has 0 aliphatic carbocycles. The number of rotatable bonds is 5. The number of nitrogens with one attached hydrogen (secondary N) is 1. The van der Waals surface area contributed by atoms with Crippen LogP contribution in [0.4, 0.5) is 9.52 Å². The van der Waals surface area contributed by atoms with E-state index in [2.05, 4.69) is 15.5 Å². The topological polar surface area (TPSA) is 63.6 Å². The zero-order chi connectivity index (χ0) is 19.5. The lowest BCUT2D eigenvalue weighted by Gasteiger charge is -2.07. The summed E-state index contributed by atoms with van der Waals surface area (Å²) in [6, 6.07) is 16.3. The maximum absolute atomic E-state index is 13.9. The van der Waals surface area contributed by atoms with Gasteiger partial charge in [-0.15, -0.1) is 11.3 Å². The van der Waals surface area contributed by atoms with Gasteiger partial charge in [-0.2, -0.15) is 0 Å². The number of aryl methyl sites for hydroxylation is 1. The summed E-state index contributed by atoms with van der Waals surface area (Å²) in [6.07, 6.45) is 0.589. The summed E-state index contributed by atoms with van der Waals surface area (Å²) in [5, 5.41) is 7.18. The van der Waals surface area contributed by atoms with Crippen molar-refractivity contribution in [1.29, 1.82) is 0 Å². The molecule has 4 rings (SSSR count). The molecule has 1 aliphatic heterocycles. The molecule has 1 N–H and O–H groups in total. The zero-order valence-corrected chi connectivity index (χ0v) is 16.0. The minimum Gasteiger partial charge on any atom is -0.387 e. The van der Waals surface area contributed by atoms with Crippen molar-refractivity contribution in [3.05, 3.63) is 82.1 Å². The van der Waals surface area contributed by atoms with Gasteiger partial charge in [-0.3, -0.25) is 10.1 Å². The van der Waals surface area contributed by atoms with Gasteiger partial charge >= 0.3 is 0 Å². The molecule has 2 aromatic carbocycles. The second-order valence-corrected chi connectivity index (χ2v) is 7.58. The number of halogens is 1. The van der Waals surface area contributed by atoms with Crippen molar-refractivity contribution in [2.24, 2.45) is 5.16 Å². The number of nitrogens with zero attached hydrogens (tertiary/aromatic N) is 2. The quantitative estimate of drug-likeness (QED) is 0.685. The van der Waals surface area contributed by atoms with Crippen LogP contribution in [-0.2, 0) is 16.1 Å². The first-order valence-electron chi connectivity index (χ1n) is 8.89. The van der Waals surface area contributed by atoms with E-state index in [0.717, 1.165) is 16.1 Å². The van der Waals surface area contributed by atoms with Crippen molar-refractivity contribution in [2.45, 2.75) is 25.9 Å². The average Bonchev–Trinajstić information content (AvgIpc) is 3.32. The van der Waals surface area contributed by atoms with Crippen molar-refractivity contribution in [3.63, 3.8) is 0 Å². The predicted octanol–water partition coefficient (Wildman–Crippen LogP) is 4.64. The minimum absolute atomic E-state index is 0.245. The molecule has 1 aromatic heterocycles. The second-order valence-electron chi connectivity index (χ2n) is 6.50. The predicted molar refractivity (Wildman–Crippen MR) is 107 cm³/mol. The molecule has 0 radical (unpaired) electrons. The monoisotopic (exact) mass is 395 g/mol. The number of amides is 1. The molecule has 7 heteroatoms. The molecule has 0 saturated carbocycles. The molecule has 142 valence electrons. The average molecular weight is 395 g/mol. The van der Waals surface area contributed by atoms with Crippen LogP contribution in [0.5, 0.6) is 0 Å².